The summed E-state index contributed by atoms with van der Waals surface area (Å²) in [6, 6.07) is 5.47. The fourth-order valence-corrected chi connectivity index (χ4v) is 8.96. The van der Waals surface area contributed by atoms with Gasteiger partial charge in [-0.25, -0.2) is 16.8 Å². The molecule has 2 aliphatic rings. The van der Waals surface area contributed by atoms with E-state index in [-0.39, 0.29) is 28.3 Å². The van der Waals surface area contributed by atoms with E-state index < -0.39 is 31.0 Å². The lowest BCUT2D eigenvalue weighted by Gasteiger charge is -2.36. The molecule has 1 aromatic carbocycles. The van der Waals surface area contributed by atoms with Gasteiger partial charge in [0.15, 0.2) is 19.7 Å². The van der Waals surface area contributed by atoms with Gasteiger partial charge in [-0.2, -0.15) is 0 Å². The number of hydrogen-bond donors (Lipinski definition) is 0. The monoisotopic (exact) mass is 445 g/mol. The fraction of sp³-hybridized carbons (Fsp3) is 0.632. The van der Waals surface area contributed by atoms with Gasteiger partial charge in [-0.3, -0.25) is 9.69 Å². The van der Waals surface area contributed by atoms with Crippen LogP contribution in [-0.4, -0.2) is 77.3 Å². The van der Waals surface area contributed by atoms with E-state index in [0.717, 1.165) is 0 Å². The lowest BCUT2D eigenvalue weighted by atomic mass is 9.95. The van der Waals surface area contributed by atoms with Crippen molar-refractivity contribution in [3.8, 4) is 5.75 Å². The first-order valence-electron chi connectivity index (χ1n) is 9.67. The quantitative estimate of drug-likeness (QED) is 0.595. The molecule has 1 aromatic rings. The van der Waals surface area contributed by atoms with Crippen molar-refractivity contribution in [2.75, 3.05) is 38.3 Å². The normalized spacial score (nSPS) is 25.6. The highest BCUT2D eigenvalue weighted by Crippen LogP contribution is 2.32. The standard InChI is InChI=1S/C19H27NO7S2/c1-3-27-15-4-6-16(7-5-15)29(24,25)18-13-28(22,23)12-17(18)20-10-8-14(9-11-20)19(21)26-2/h4-7,14,17-18H,3,8-13H2,1-2H3/t17-,18-/m0/s1. The Morgan fingerprint density at radius 2 is 1.76 bits per heavy atom. The van der Waals surface area contributed by atoms with Crippen LogP contribution in [0.25, 0.3) is 0 Å². The van der Waals surface area contributed by atoms with Crippen LogP contribution in [0.1, 0.15) is 19.8 Å². The first-order valence-corrected chi connectivity index (χ1v) is 13.0. The molecule has 0 radical (unpaired) electrons. The van der Waals surface area contributed by atoms with Gasteiger partial charge in [-0.05, 0) is 57.1 Å². The molecule has 0 unspecified atom stereocenters. The number of hydrogen-bond acceptors (Lipinski definition) is 8. The average molecular weight is 446 g/mol. The van der Waals surface area contributed by atoms with Crippen molar-refractivity contribution < 1.29 is 31.1 Å². The minimum Gasteiger partial charge on any atom is -0.494 e. The van der Waals surface area contributed by atoms with Gasteiger partial charge < -0.3 is 9.47 Å². The molecule has 162 valence electrons. The maximum Gasteiger partial charge on any atom is 0.308 e. The molecule has 0 bridgehead atoms. The predicted octanol–water partition coefficient (Wildman–Crippen LogP) is 0.910. The molecule has 2 atom stereocenters. The Morgan fingerprint density at radius 3 is 2.31 bits per heavy atom. The molecule has 3 rings (SSSR count). The number of methoxy groups -OCH3 is 1. The second-order valence-corrected chi connectivity index (χ2v) is 11.8. The summed E-state index contributed by atoms with van der Waals surface area (Å²) in [5, 5.41) is -1.03. The van der Waals surface area contributed by atoms with Crippen molar-refractivity contribution in [1.29, 1.82) is 0 Å². The SMILES string of the molecule is CCOc1ccc(S(=O)(=O)[C@H]2CS(=O)(=O)C[C@@H]2N2CCC(C(=O)OC)CC2)cc1. The molecule has 2 aliphatic heterocycles. The van der Waals surface area contributed by atoms with E-state index >= 15 is 0 Å². The summed E-state index contributed by atoms with van der Waals surface area (Å²) < 4.78 is 61.3. The highest BCUT2D eigenvalue weighted by atomic mass is 32.2. The van der Waals surface area contributed by atoms with Gasteiger partial charge in [0.2, 0.25) is 0 Å². The number of nitrogens with zero attached hydrogens (tertiary/aromatic N) is 1. The number of carbonyl (C=O) groups excluding carboxylic acids is 1. The summed E-state index contributed by atoms with van der Waals surface area (Å²) >= 11 is 0. The van der Waals surface area contributed by atoms with Crippen molar-refractivity contribution >= 4 is 25.6 Å². The molecule has 10 heteroatoms. The van der Waals surface area contributed by atoms with Gasteiger partial charge >= 0.3 is 5.97 Å². The van der Waals surface area contributed by atoms with Crippen LogP contribution in [0.3, 0.4) is 0 Å². The number of benzene rings is 1. The van der Waals surface area contributed by atoms with E-state index in [4.69, 9.17) is 9.47 Å². The van der Waals surface area contributed by atoms with Gasteiger partial charge in [0.25, 0.3) is 0 Å². The van der Waals surface area contributed by atoms with Crippen LogP contribution in [0.4, 0.5) is 0 Å². The number of likely N-dealkylation sites (tertiary alicyclic amines) is 1. The molecule has 0 saturated carbocycles. The first-order chi connectivity index (χ1) is 13.7. The highest BCUT2D eigenvalue weighted by Gasteiger charge is 2.49. The molecule has 2 heterocycles. The third-order valence-corrected chi connectivity index (χ3v) is 9.80. The summed E-state index contributed by atoms with van der Waals surface area (Å²) in [4.78, 5) is 13.7. The number of carbonyl (C=O) groups is 1. The molecule has 29 heavy (non-hydrogen) atoms. The van der Waals surface area contributed by atoms with Gasteiger partial charge in [0.1, 0.15) is 5.75 Å². The molecule has 0 aliphatic carbocycles. The van der Waals surface area contributed by atoms with Gasteiger partial charge in [0.05, 0.1) is 41.3 Å². The topological polar surface area (TPSA) is 107 Å². The molecule has 0 N–H and O–H groups in total. The summed E-state index contributed by atoms with van der Waals surface area (Å²) in [5.41, 5.74) is 0. The zero-order chi connectivity index (χ0) is 21.2. The minimum atomic E-state index is -3.84. The molecule has 2 saturated heterocycles. The second-order valence-electron chi connectivity index (χ2n) is 7.47. The van der Waals surface area contributed by atoms with Crippen LogP contribution in [0, 0.1) is 5.92 Å². The average Bonchev–Trinajstić information content (AvgIpc) is 3.04. The Bertz CT molecular complexity index is 933. The van der Waals surface area contributed by atoms with E-state index in [2.05, 4.69) is 0 Å². The Balaban J connectivity index is 1.81. The lowest BCUT2D eigenvalue weighted by molar-refractivity contribution is -0.147. The Labute approximate surface area is 172 Å². The molecule has 0 aromatic heterocycles. The van der Waals surface area contributed by atoms with Crippen LogP contribution >= 0.6 is 0 Å². The largest absolute Gasteiger partial charge is 0.494 e. The Hall–Kier alpha value is -1.65. The number of rotatable bonds is 6. The Morgan fingerprint density at radius 1 is 1.14 bits per heavy atom. The van der Waals surface area contributed by atoms with E-state index in [0.29, 0.717) is 38.3 Å². The van der Waals surface area contributed by atoms with Crippen LogP contribution < -0.4 is 4.74 Å². The smallest absolute Gasteiger partial charge is 0.308 e. The highest BCUT2D eigenvalue weighted by molar-refractivity contribution is 7.96. The molecular formula is C19H27NO7S2. The van der Waals surface area contributed by atoms with E-state index in [9.17, 15) is 21.6 Å². The third kappa shape index (κ3) is 4.75. The minimum absolute atomic E-state index is 0.0949. The van der Waals surface area contributed by atoms with E-state index in [1.165, 1.54) is 19.2 Å². The van der Waals surface area contributed by atoms with Crippen molar-refractivity contribution in [2.24, 2.45) is 5.92 Å². The van der Waals surface area contributed by atoms with Gasteiger partial charge in [-0.15, -0.1) is 0 Å². The van der Waals surface area contributed by atoms with Crippen molar-refractivity contribution in [3.05, 3.63) is 24.3 Å². The van der Waals surface area contributed by atoms with Crippen LogP contribution in [-0.2, 0) is 29.2 Å². The van der Waals surface area contributed by atoms with Crippen LogP contribution in [0.2, 0.25) is 0 Å². The van der Waals surface area contributed by atoms with Gasteiger partial charge in [0, 0.05) is 6.04 Å². The molecular weight excluding hydrogens is 418 g/mol. The second kappa shape index (κ2) is 8.61. The zero-order valence-electron chi connectivity index (χ0n) is 16.6. The molecule has 2 fully saturated rings. The summed E-state index contributed by atoms with van der Waals surface area (Å²) in [5.74, 6) is -0.509. The third-order valence-electron chi connectivity index (χ3n) is 5.67. The van der Waals surface area contributed by atoms with Crippen molar-refractivity contribution in [2.45, 2.75) is 36.0 Å². The lowest BCUT2D eigenvalue weighted by Crippen LogP contribution is -2.50. The summed E-state index contributed by atoms with van der Waals surface area (Å²) in [7, 11) is -5.97. The predicted molar refractivity (Wildman–Crippen MR) is 107 cm³/mol. The number of piperidine rings is 1. The van der Waals surface area contributed by atoms with Crippen molar-refractivity contribution in [1.82, 2.24) is 4.90 Å². The fourth-order valence-electron chi connectivity index (χ4n) is 4.13. The zero-order valence-corrected chi connectivity index (χ0v) is 18.2. The van der Waals surface area contributed by atoms with Gasteiger partial charge in [-0.1, -0.05) is 0 Å². The molecule has 0 amide bonds. The van der Waals surface area contributed by atoms with Crippen molar-refractivity contribution in [3.63, 3.8) is 0 Å². The first kappa shape index (κ1) is 22.0. The maximum absolute atomic E-state index is 13.3. The van der Waals surface area contributed by atoms with Crippen LogP contribution in [0.5, 0.6) is 5.75 Å². The number of esters is 1. The molecule has 8 nitrogen and oxygen atoms in total. The summed E-state index contributed by atoms with van der Waals surface area (Å²) in [6.07, 6.45) is 1.05. The Kier molecular flexibility index (Phi) is 6.54. The number of ether oxygens (including phenoxy) is 2. The van der Waals surface area contributed by atoms with Crippen LogP contribution in [0.15, 0.2) is 29.2 Å². The van der Waals surface area contributed by atoms with E-state index in [1.54, 1.807) is 12.1 Å². The number of sulfone groups is 2. The molecule has 0 spiro atoms. The summed E-state index contributed by atoms with van der Waals surface area (Å²) in [6.45, 7) is 3.24. The maximum atomic E-state index is 13.3. The van der Waals surface area contributed by atoms with E-state index in [1.807, 2.05) is 11.8 Å².